The topological polar surface area (TPSA) is 162 Å². The first-order chi connectivity index (χ1) is 23.4. The van der Waals surface area contributed by atoms with Crippen molar-refractivity contribution in [3.05, 3.63) is 90.1 Å². The van der Waals surface area contributed by atoms with Gasteiger partial charge >= 0.3 is 18.1 Å². The highest BCUT2D eigenvalue weighted by Crippen LogP contribution is 2.34. The first kappa shape index (κ1) is 38.9. The average Bonchev–Trinajstić information content (AvgIpc) is 3.02. The Labute approximate surface area is 287 Å². The number of fused-ring (bicyclic) bond motifs is 1. The molecule has 50 heavy (non-hydrogen) atoms. The molecule has 268 valence electrons. The SMILES string of the molecule is CCOc1cc(C(Nc2ccc3c(N)nccc3c2)C(=O)N[C@H](C(=O)OC(C)(C)C)c2ccccc2)ccc1OC(C)C.O=C(O)C(F)(F)F. The Bertz CT molecular complexity index is 1780. The van der Waals surface area contributed by atoms with E-state index in [2.05, 4.69) is 15.6 Å². The number of hydrogen-bond donors (Lipinski definition) is 4. The molecule has 0 saturated heterocycles. The highest BCUT2D eigenvalue weighted by molar-refractivity contribution is 5.94. The van der Waals surface area contributed by atoms with Crippen LogP contribution in [0.1, 0.15) is 64.8 Å². The van der Waals surface area contributed by atoms with Crippen LogP contribution in [0.5, 0.6) is 11.5 Å². The first-order valence-electron chi connectivity index (χ1n) is 15.6. The van der Waals surface area contributed by atoms with Gasteiger partial charge in [-0.3, -0.25) is 4.79 Å². The summed E-state index contributed by atoms with van der Waals surface area (Å²) in [5.74, 6) is -2.25. The van der Waals surface area contributed by atoms with Crippen LogP contribution in [0.2, 0.25) is 0 Å². The van der Waals surface area contributed by atoms with E-state index in [9.17, 15) is 22.8 Å². The number of nitrogens with zero attached hydrogens (tertiary/aromatic N) is 1. The zero-order valence-electron chi connectivity index (χ0n) is 28.5. The lowest BCUT2D eigenvalue weighted by Crippen LogP contribution is -2.41. The number of aromatic nitrogens is 1. The molecule has 2 atom stereocenters. The Morgan fingerprint density at radius 3 is 2.14 bits per heavy atom. The zero-order chi connectivity index (χ0) is 37.2. The number of carboxylic acids is 1. The molecule has 0 spiro atoms. The summed E-state index contributed by atoms with van der Waals surface area (Å²) in [4.78, 5) is 40.6. The maximum absolute atomic E-state index is 14.2. The number of ether oxygens (including phenoxy) is 3. The number of benzene rings is 3. The van der Waals surface area contributed by atoms with Crippen molar-refractivity contribution in [2.75, 3.05) is 17.7 Å². The van der Waals surface area contributed by atoms with Gasteiger partial charge < -0.3 is 35.7 Å². The Balaban J connectivity index is 0.000000872. The van der Waals surface area contributed by atoms with Crippen molar-refractivity contribution in [3.63, 3.8) is 0 Å². The molecule has 3 aromatic carbocycles. The molecule has 0 aliphatic rings. The maximum Gasteiger partial charge on any atom is 0.490 e. The molecule has 5 N–H and O–H groups in total. The van der Waals surface area contributed by atoms with Gasteiger partial charge in [-0.1, -0.05) is 36.4 Å². The Morgan fingerprint density at radius 1 is 0.900 bits per heavy atom. The number of carbonyl (C=O) groups excluding carboxylic acids is 2. The summed E-state index contributed by atoms with van der Waals surface area (Å²) in [5, 5.41) is 15.1. The second-order valence-corrected chi connectivity index (χ2v) is 12.2. The quantitative estimate of drug-likeness (QED) is 0.120. The number of rotatable bonds is 11. The second kappa shape index (κ2) is 16.7. The van der Waals surface area contributed by atoms with Gasteiger partial charge in [0, 0.05) is 17.3 Å². The van der Waals surface area contributed by atoms with Crippen molar-refractivity contribution >= 4 is 40.1 Å². The minimum atomic E-state index is -5.08. The minimum Gasteiger partial charge on any atom is -0.490 e. The molecule has 0 saturated carbocycles. The number of aliphatic carboxylic acids is 1. The zero-order valence-corrected chi connectivity index (χ0v) is 28.5. The van der Waals surface area contributed by atoms with Gasteiger partial charge in [-0.25, -0.2) is 14.6 Å². The van der Waals surface area contributed by atoms with Crippen molar-refractivity contribution < 1.29 is 46.9 Å². The van der Waals surface area contributed by atoms with Crippen molar-refractivity contribution in [1.82, 2.24) is 10.3 Å². The number of alkyl halides is 3. The van der Waals surface area contributed by atoms with E-state index in [-0.39, 0.29) is 6.10 Å². The lowest BCUT2D eigenvalue weighted by molar-refractivity contribution is -0.192. The fourth-order valence-electron chi connectivity index (χ4n) is 4.59. The van der Waals surface area contributed by atoms with Crippen molar-refractivity contribution in [3.8, 4) is 11.5 Å². The van der Waals surface area contributed by atoms with E-state index in [4.69, 9.17) is 29.8 Å². The largest absolute Gasteiger partial charge is 0.490 e. The molecule has 4 aromatic rings. The van der Waals surface area contributed by atoms with E-state index in [0.29, 0.717) is 40.7 Å². The number of carbonyl (C=O) groups is 3. The maximum atomic E-state index is 14.2. The van der Waals surface area contributed by atoms with Crippen LogP contribution in [0.3, 0.4) is 0 Å². The average molecular weight is 699 g/mol. The van der Waals surface area contributed by atoms with Crippen molar-refractivity contribution in [2.45, 2.75) is 71.5 Å². The smallest absolute Gasteiger partial charge is 0.490 e. The van der Waals surface area contributed by atoms with E-state index in [1.807, 2.05) is 69.3 Å². The third kappa shape index (κ3) is 11.3. The molecule has 1 amide bonds. The standard InChI is InChI=1S/C34H40N4O5.C2HF3O2/c1-7-41-28-20-24(13-16-27(28)42-21(2)3)29(37-25-14-15-26-23(19-25)17-18-36-31(26)35)32(39)38-30(22-11-9-8-10-12-22)33(40)43-34(4,5)6;3-2(4,5)1(6)7/h8-21,29-30,37H,7H2,1-6H3,(H2,35,36)(H,38,39);(H,6,7)/t29?,30-;/m0./s1. The number of nitrogens with two attached hydrogens (primary N) is 1. The molecule has 4 rings (SSSR count). The van der Waals surface area contributed by atoms with Gasteiger partial charge in [0.05, 0.1) is 12.7 Å². The lowest BCUT2D eigenvalue weighted by atomic mass is 10.0. The number of pyridine rings is 1. The van der Waals surface area contributed by atoms with E-state index >= 15 is 0 Å². The van der Waals surface area contributed by atoms with Crippen LogP contribution in [0.4, 0.5) is 24.7 Å². The molecule has 11 nitrogen and oxygen atoms in total. The van der Waals surface area contributed by atoms with Crippen LogP contribution in [-0.4, -0.2) is 52.4 Å². The normalized spacial score (nSPS) is 12.6. The molecular formula is C36H41F3N4O7. The van der Waals surface area contributed by atoms with Crippen LogP contribution in [-0.2, 0) is 19.1 Å². The number of nitrogen functional groups attached to an aromatic ring is 1. The molecule has 0 bridgehead atoms. The van der Waals surface area contributed by atoms with Crippen LogP contribution in [0.25, 0.3) is 10.8 Å². The molecule has 0 aliphatic heterocycles. The molecular weight excluding hydrogens is 657 g/mol. The van der Waals surface area contributed by atoms with E-state index in [1.54, 1.807) is 51.2 Å². The highest BCUT2D eigenvalue weighted by Gasteiger charge is 2.38. The summed E-state index contributed by atoms with van der Waals surface area (Å²) in [6, 6.07) is 19.9. The van der Waals surface area contributed by atoms with Crippen LogP contribution in [0, 0.1) is 0 Å². The van der Waals surface area contributed by atoms with Crippen molar-refractivity contribution in [1.29, 1.82) is 0 Å². The number of hydrogen-bond acceptors (Lipinski definition) is 9. The van der Waals surface area contributed by atoms with Gasteiger partial charge in [0.1, 0.15) is 17.5 Å². The fourth-order valence-corrected chi connectivity index (χ4v) is 4.59. The van der Waals surface area contributed by atoms with Gasteiger partial charge in [0.25, 0.3) is 0 Å². The number of esters is 1. The summed E-state index contributed by atoms with van der Waals surface area (Å²) in [7, 11) is 0. The number of amides is 1. The van der Waals surface area contributed by atoms with Gasteiger partial charge in [0.2, 0.25) is 5.91 Å². The highest BCUT2D eigenvalue weighted by atomic mass is 19.4. The van der Waals surface area contributed by atoms with Gasteiger partial charge in [-0.2, -0.15) is 13.2 Å². The number of carboxylic acid groups (broad SMARTS) is 1. The van der Waals surface area contributed by atoms with Gasteiger partial charge in [0.15, 0.2) is 17.5 Å². The van der Waals surface area contributed by atoms with Crippen LogP contribution < -0.4 is 25.8 Å². The molecule has 0 fully saturated rings. The van der Waals surface area contributed by atoms with Crippen molar-refractivity contribution in [2.24, 2.45) is 0 Å². The predicted octanol–water partition coefficient (Wildman–Crippen LogP) is 6.99. The van der Waals surface area contributed by atoms with Crippen LogP contribution >= 0.6 is 0 Å². The summed E-state index contributed by atoms with van der Waals surface area (Å²) in [6.45, 7) is 11.5. The second-order valence-electron chi connectivity index (χ2n) is 12.2. The molecule has 14 heteroatoms. The minimum absolute atomic E-state index is 0.0674. The summed E-state index contributed by atoms with van der Waals surface area (Å²) in [5.41, 5.74) is 7.21. The Hall–Kier alpha value is -5.53. The molecule has 1 unspecified atom stereocenters. The van der Waals surface area contributed by atoms with E-state index in [1.165, 1.54) is 0 Å². The molecule has 0 aliphatic carbocycles. The molecule has 1 heterocycles. The first-order valence-corrected chi connectivity index (χ1v) is 15.6. The number of anilines is 2. The summed E-state index contributed by atoms with van der Waals surface area (Å²) in [6.07, 6.45) is -3.51. The third-order valence-corrected chi connectivity index (χ3v) is 6.64. The number of nitrogens with one attached hydrogen (secondary N) is 2. The van der Waals surface area contributed by atoms with Gasteiger partial charge in [-0.05, 0) is 94.5 Å². The number of halogens is 3. The Morgan fingerprint density at radius 2 is 1.56 bits per heavy atom. The molecule has 1 aromatic heterocycles. The van der Waals surface area contributed by atoms with E-state index in [0.717, 1.165) is 10.8 Å². The Kier molecular flexibility index (Phi) is 13.0. The monoisotopic (exact) mass is 698 g/mol. The summed E-state index contributed by atoms with van der Waals surface area (Å²) >= 11 is 0. The molecule has 0 radical (unpaired) electrons. The van der Waals surface area contributed by atoms with E-state index < -0.39 is 41.7 Å². The third-order valence-electron chi connectivity index (χ3n) is 6.64. The van der Waals surface area contributed by atoms with Gasteiger partial charge in [-0.15, -0.1) is 0 Å². The lowest BCUT2D eigenvalue weighted by Gasteiger charge is -2.27. The predicted molar refractivity (Wildman–Crippen MR) is 183 cm³/mol. The summed E-state index contributed by atoms with van der Waals surface area (Å²) < 4.78 is 49.3. The van der Waals surface area contributed by atoms with Crippen LogP contribution in [0.15, 0.2) is 79.0 Å². The fraction of sp³-hybridized carbons (Fsp3) is 0.333.